The maximum Gasteiger partial charge on any atom is 0.276 e. The third kappa shape index (κ3) is 2.83. The van der Waals surface area contributed by atoms with Crippen LogP contribution in [0.25, 0.3) is 4.85 Å². The highest BCUT2D eigenvalue weighted by Gasteiger charge is 2.42. The number of benzene rings is 2. The van der Waals surface area contributed by atoms with Gasteiger partial charge in [-0.2, -0.15) is 5.10 Å². The molecule has 0 fully saturated rings. The van der Waals surface area contributed by atoms with E-state index in [0.717, 1.165) is 28.2 Å². The number of rotatable bonds is 4. The molecule has 6 heteroatoms. The number of methoxy groups -OCH3 is 2. The minimum atomic E-state index is -0.501. The Hall–Kier alpha value is -3.59. The Bertz CT molecular complexity index is 1050. The lowest BCUT2D eigenvalue weighted by Crippen LogP contribution is -2.30. The van der Waals surface area contributed by atoms with Gasteiger partial charge in [0.1, 0.15) is 17.2 Å². The monoisotopic (exact) mass is 358 g/mol. The molecule has 0 radical (unpaired) electrons. The summed E-state index contributed by atoms with van der Waals surface area (Å²) in [6.07, 6.45) is 1.75. The molecule has 1 aromatic heterocycles. The van der Waals surface area contributed by atoms with Crippen LogP contribution in [0, 0.1) is 6.57 Å². The van der Waals surface area contributed by atoms with Crippen LogP contribution in [-0.2, 0) is 0 Å². The van der Waals surface area contributed by atoms with E-state index in [0.29, 0.717) is 11.5 Å². The summed E-state index contributed by atoms with van der Waals surface area (Å²) in [5, 5.41) is 7.12. The minimum Gasteiger partial charge on any atom is -0.497 e. The van der Waals surface area contributed by atoms with E-state index in [1.54, 1.807) is 20.4 Å². The molecule has 3 aromatic rings. The largest absolute Gasteiger partial charge is 0.497 e. The Balaban J connectivity index is 1.91. The van der Waals surface area contributed by atoms with Crippen LogP contribution in [0.15, 0.2) is 59.7 Å². The molecule has 4 rings (SSSR count). The Labute approximate surface area is 157 Å². The maximum atomic E-state index is 7.92. The predicted molar refractivity (Wildman–Crippen MR) is 103 cm³/mol. The van der Waals surface area contributed by atoms with E-state index in [-0.39, 0.29) is 5.92 Å². The summed E-state index contributed by atoms with van der Waals surface area (Å²) >= 11 is 0. The van der Waals surface area contributed by atoms with Crippen LogP contribution >= 0.6 is 0 Å². The number of H-pyrrole nitrogens is 1. The first-order valence-electron chi connectivity index (χ1n) is 8.52. The Kier molecular flexibility index (Phi) is 4.35. The summed E-state index contributed by atoms with van der Waals surface area (Å²) in [4.78, 5) is 8.68. The van der Waals surface area contributed by atoms with Crippen LogP contribution in [0.4, 0.5) is 5.82 Å². The van der Waals surface area contributed by atoms with Crippen molar-refractivity contribution in [3.8, 4) is 11.5 Å². The van der Waals surface area contributed by atoms with E-state index >= 15 is 0 Å². The number of aliphatic imine (C=N–C) groups is 1. The van der Waals surface area contributed by atoms with Gasteiger partial charge in [-0.25, -0.2) is 11.6 Å². The van der Waals surface area contributed by atoms with Gasteiger partial charge in [-0.15, -0.1) is 0 Å². The van der Waals surface area contributed by atoms with Crippen LogP contribution in [0.5, 0.6) is 11.5 Å². The molecule has 27 heavy (non-hydrogen) atoms. The second-order valence-corrected chi connectivity index (χ2v) is 6.20. The van der Waals surface area contributed by atoms with Gasteiger partial charge in [0.25, 0.3) is 6.04 Å². The van der Waals surface area contributed by atoms with E-state index < -0.39 is 6.04 Å². The molecule has 2 heterocycles. The van der Waals surface area contributed by atoms with E-state index in [2.05, 4.69) is 15.0 Å². The Morgan fingerprint density at radius 2 is 1.89 bits per heavy atom. The van der Waals surface area contributed by atoms with Gasteiger partial charge in [-0.1, -0.05) is 30.3 Å². The Morgan fingerprint density at radius 3 is 2.67 bits per heavy atom. The number of aromatic nitrogens is 2. The first-order valence-corrected chi connectivity index (χ1v) is 8.52. The average Bonchev–Trinajstić information content (AvgIpc) is 3.20. The van der Waals surface area contributed by atoms with Gasteiger partial charge in [0.15, 0.2) is 5.82 Å². The molecular formula is C21H18N4O2. The zero-order valence-electron chi connectivity index (χ0n) is 15.0. The van der Waals surface area contributed by atoms with Crippen LogP contribution < -0.4 is 9.47 Å². The molecule has 0 aliphatic carbocycles. The zero-order chi connectivity index (χ0) is 18.8. The van der Waals surface area contributed by atoms with Crippen molar-refractivity contribution in [2.24, 2.45) is 4.99 Å². The highest BCUT2D eigenvalue weighted by molar-refractivity contribution is 6.09. The van der Waals surface area contributed by atoms with Crippen molar-refractivity contribution in [1.29, 1.82) is 0 Å². The van der Waals surface area contributed by atoms with Crippen molar-refractivity contribution >= 4 is 11.5 Å². The lowest BCUT2D eigenvalue weighted by atomic mass is 9.80. The molecule has 2 atom stereocenters. The smallest absolute Gasteiger partial charge is 0.276 e. The van der Waals surface area contributed by atoms with Gasteiger partial charge in [0, 0.05) is 16.7 Å². The number of aromatic amines is 1. The van der Waals surface area contributed by atoms with Crippen molar-refractivity contribution in [1.82, 2.24) is 10.2 Å². The molecule has 0 bridgehead atoms. The fourth-order valence-electron chi connectivity index (χ4n) is 3.53. The molecular weight excluding hydrogens is 340 g/mol. The lowest BCUT2D eigenvalue weighted by molar-refractivity contribution is 0.407. The van der Waals surface area contributed by atoms with Gasteiger partial charge < -0.3 is 14.3 Å². The molecule has 2 aromatic carbocycles. The molecule has 1 aliphatic rings. The molecule has 1 N–H and O–H groups in total. The van der Waals surface area contributed by atoms with Crippen LogP contribution in [0.2, 0.25) is 0 Å². The topological polar surface area (TPSA) is 63.9 Å². The van der Waals surface area contributed by atoms with Crippen molar-refractivity contribution in [2.75, 3.05) is 14.2 Å². The summed E-state index contributed by atoms with van der Waals surface area (Å²) in [6.45, 7) is 7.92. The molecule has 0 saturated heterocycles. The van der Waals surface area contributed by atoms with Gasteiger partial charge in [0.05, 0.1) is 26.3 Å². The molecule has 134 valence electrons. The second-order valence-electron chi connectivity index (χ2n) is 6.20. The van der Waals surface area contributed by atoms with Crippen LogP contribution in [-0.4, -0.2) is 36.2 Å². The SMILES string of the molecule is [C-]#[N+]C1C(c2cccc(OC)c2)=Nc2[nH]ncc2C1c1ccccc1OC. The summed E-state index contributed by atoms with van der Waals surface area (Å²) in [5.41, 5.74) is 3.39. The molecule has 0 spiro atoms. The highest BCUT2D eigenvalue weighted by atomic mass is 16.5. The van der Waals surface area contributed by atoms with Crippen molar-refractivity contribution < 1.29 is 9.47 Å². The fraction of sp³-hybridized carbons (Fsp3) is 0.190. The van der Waals surface area contributed by atoms with E-state index in [1.165, 1.54) is 0 Å². The van der Waals surface area contributed by atoms with Crippen LogP contribution in [0.3, 0.4) is 0 Å². The average molecular weight is 358 g/mol. The van der Waals surface area contributed by atoms with E-state index in [4.69, 9.17) is 21.0 Å². The number of hydrogen-bond donors (Lipinski definition) is 1. The highest BCUT2D eigenvalue weighted by Crippen LogP contribution is 2.43. The minimum absolute atomic E-state index is 0.230. The number of para-hydroxylation sites is 1. The standard InChI is InChI=1S/C21H18N4O2/c1-22-20-18(15-9-4-5-10-17(15)27-3)16-12-23-25-21(16)24-19(20)13-7-6-8-14(11-13)26-2/h4-12,18,20H,2-3H3,(H,23,25). The second kappa shape index (κ2) is 6.96. The summed E-state index contributed by atoms with van der Waals surface area (Å²) < 4.78 is 10.9. The third-order valence-electron chi connectivity index (χ3n) is 4.79. The number of nitrogens with one attached hydrogen (secondary N) is 1. The fourth-order valence-corrected chi connectivity index (χ4v) is 3.53. The third-order valence-corrected chi connectivity index (χ3v) is 4.79. The number of ether oxygens (including phenoxy) is 2. The van der Waals surface area contributed by atoms with Gasteiger partial charge >= 0.3 is 0 Å². The van der Waals surface area contributed by atoms with E-state index in [1.807, 2.05) is 48.5 Å². The molecule has 6 nitrogen and oxygen atoms in total. The van der Waals surface area contributed by atoms with E-state index in [9.17, 15) is 0 Å². The summed E-state index contributed by atoms with van der Waals surface area (Å²) in [5.74, 6) is 1.91. The quantitative estimate of drug-likeness (QED) is 0.718. The van der Waals surface area contributed by atoms with Crippen LogP contribution in [0.1, 0.15) is 22.6 Å². The van der Waals surface area contributed by atoms with Gasteiger partial charge in [-0.05, 0) is 18.2 Å². The van der Waals surface area contributed by atoms with Crippen molar-refractivity contribution in [3.05, 3.63) is 82.8 Å². The number of hydrogen-bond acceptors (Lipinski definition) is 4. The molecule has 0 saturated carbocycles. The lowest BCUT2D eigenvalue weighted by Gasteiger charge is -2.25. The predicted octanol–water partition coefficient (Wildman–Crippen LogP) is 3.98. The summed E-state index contributed by atoms with van der Waals surface area (Å²) in [6, 6.07) is 14.9. The number of fused-ring (bicyclic) bond motifs is 1. The Morgan fingerprint density at radius 1 is 1.04 bits per heavy atom. The normalized spacial score (nSPS) is 18.2. The van der Waals surface area contributed by atoms with Crippen molar-refractivity contribution in [2.45, 2.75) is 12.0 Å². The maximum absolute atomic E-state index is 7.92. The zero-order valence-corrected chi connectivity index (χ0v) is 15.0. The first-order chi connectivity index (χ1) is 13.3. The number of nitrogens with zero attached hydrogens (tertiary/aromatic N) is 3. The molecule has 1 aliphatic heterocycles. The van der Waals surface area contributed by atoms with Gasteiger partial charge in [-0.3, -0.25) is 5.10 Å². The van der Waals surface area contributed by atoms with Crippen molar-refractivity contribution in [3.63, 3.8) is 0 Å². The first kappa shape index (κ1) is 16.9. The molecule has 2 unspecified atom stereocenters. The molecule has 0 amide bonds. The van der Waals surface area contributed by atoms with Gasteiger partial charge in [0.2, 0.25) is 0 Å². The summed E-state index contributed by atoms with van der Waals surface area (Å²) in [7, 11) is 3.26.